The molecule has 0 rings (SSSR count). The largest absolute Gasteiger partial charge is 0.528 e. The van der Waals surface area contributed by atoms with Crippen molar-refractivity contribution in [3.8, 4) is 0 Å². The molecular weight excluding hydrogens is 324 g/mol. The Morgan fingerprint density at radius 3 is 1.45 bits per heavy atom. The van der Waals surface area contributed by atoms with Gasteiger partial charge in [0.1, 0.15) is 6.23 Å². The van der Waals surface area contributed by atoms with E-state index in [1.807, 2.05) is 27.3 Å². The zero-order valence-corrected chi connectivity index (χ0v) is 16.8. The van der Waals surface area contributed by atoms with E-state index in [0.29, 0.717) is 45.5 Å². The third-order valence-electron chi connectivity index (χ3n) is 2.97. The standard InChI is InChI=1S/C13H32O7Si2/c1-7-18-22(19-8-2,20-9-3)13-17-11-10-16-12-21(6,14-4)15-5/h7-13H2,1-6H3. The number of hydrogen-bond donors (Lipinski definition) is 0. The van der Waals surface area contributed by atoms with Gasteiger partial charge in [0, 0.05) is 34.0 Å². The quantitative estimate of drug-likeness (QED) is 0.325. The summed E-state index contributed by atoms with van der Waals surface area (Å²) in [7, 11) is -1.62. The first-order valence-corrected chi connectivity index (χ1v) is 12.1. The Balaban J connectivity index is 4.07. The van der Waals surface area contributed by atoms with Gasteiger partial charge in [-0.2, -0.15) is 0 Å². The van der Waals surface area contributed by atoms with E-state index in [2.05, 4.69) is 0 Å². The molecule has 0 bridgehead atoms. The van der Waals surface area contributed by atoms with Crippen LogP contribution >= 0.6 is 0 Å². The Kier molecular flexibility index (Phi) is 12.6. The summed E-state index contributed by atoms with van der Waals surface area (Å²) in [5.74, 6) is 0. The van der Waals surface area contributed by atoms with Crippen molar-refractivity contribution in [3.63, 3.8) is 0 Å². The Hall–Kier alpha value is 0.154. The van der Waals surface area contributed by atoms with Gasteiger partial charge in [-0.3, -0.25) is 0 Å². The maximum atomic E-state index is 5.70. The van der Waals surface area contributed by atoms with Gasteiger partial charge in [-0.05, 0) is 27.3 Å². The van der Waals surface area contributed by atoms with Crippen LogP contribution in [0.15, 0.2) is 0 Å². The third-order valence-corrected chi connectivity index (χ3v) is 8.17. The van der Waals surface area contributed by atoms with Crippen molar-refractivity contribution >= 4 is 17.4 Å². The van der Waals surface area contributed by atoms with Crippen LogP contribution in [-0.2, 0) is 31.6 Å². The SMILES string of the molecule is CCO[Si](COCCOC[Si](C)(OC)OC)(OCC)OCC. The first kappa shape index (κ1) is 22.2. The summed E-state index contributed by atoms with van der Waals surface area (Å²) in [5.41, 5.74) is 0. The first-order valence-electron chi connectivity index (χ1n) is 7.69. The molecule has 0 aromatic heterocycles. The van der Waals surface area contributed by atoms with Gasteiger partial charge >= 0.3 is 17.4 Å². The molecule has 0 aromatic rings. The Labute approximate surface area is 136 Å². The first-order chi connectivity index (χ1) is 10.5. The van der Waals surface area contributed by atoms with Gasteiger partial charge in [0.25, 0.3) is 0 Å². The zero-order chi connectivity index (χ0) is 16.9. The van der Waals surface area contributed by atoms with Crippen LogP contribution in [0.1, 0.15) is 20.8 Å². The molecule has 0 heterocycles. The Morgan fingerprint density at radius 1 is 0.682 bits per heavy atom. The van der Waals surface area contributed by atoms with Crippen LogP contribution in [0.2, 0.25) is 6.55 Å². The van der Waals surface area contributed by atoms with E-state index >= 15 is 0 Å². The van der Waals surface area contributed by atoms with E-state index in [9.17, 15) is 0 Å². The minimum Gasteiger partial charge on any atom is -0.396 e. The molecule has 0 spiro atoms. The molecule has 0 amide bonds. The molecule has 0 atom stereocenters. The van der Waals surface area contributed by atoms with Gasteiger partial charge < -0.3 is 31.6 Å². The van der Waals surface area contributed by atoms with E-state index in [-0.39, 0.29) is 0 Å². The smallest absolute Gasteiger partial charge is 0.396 e. The summed E-state index contributed by atoms with van der Waals surface area (Å²) in [6.07, 6.45) is 0.795. The summed E-state index contributed by atoms with van der Waals surface area (Å²) in [6.45, 7) is 10.2. The van der Waals surface area contributed by atoms with Gasteiger partial charge in [-0.1, -0.05) is 0 Å². The second kappa shape index (κ2) is 12.6. The molecule has 0 aliphatic rings. The molecule has 0 saturated heterocycles. The van der Waals surface area contributed by atoms with E-state index in [0.717, 1.165) is 0 Å². The molecule has 0 N–H and O–H groups in total. The summed E-state index contributed by atoms with van der Waals surface area (Å²) >= 11 is 0. The fraction of sp³-hybridized carbons (Fsp3) is 1.00. The van der Waals surface area contributed by atoms with Gasteiger partial charge in [-0.15, -0.1) is 0 Å². The van der Waals surface area contributed by atoms with Crippen LogP contribution in [0.5, 0.6) is 0 Å². The molecule has 0 unspecified atom stereocenters. The van der Waals surface area contributed by atoms with Crippen LogP contribution in [0.25, 0.3) is 0 Å². The highest BCUT2D eigenvalue weighted by Crippen LogP contribution is 2.11. The van der Waals surface area contributed by atoms with Crippen molar-refractivity contribution in [2.75, 3.05) is 59.7 Å². The predicted molar refractivity (Wildman–Crippen MR) is 87.9 cm³/mol. The zero-order valence-electron chi connectivity index (χ0n) is 14.8. The molecule has 0 radical (unpaired) electrons. The molecule has 134 valence electrons. The lowest BCUT2D eigenvalue weighted by atomic mass is 10.8. The average Bonchev–Trinajstić information content (AvgIpc) is 2.51. The third kappa shape index (κ3) is 8.70. The average molecular weight is 357 g/mol. The predicted octanol–water partition coefficient (Wildman–Crippen LogP) is 1.51. The second-order valence-electron chi connectivity index (χ2n) is 4.63. The topological polar surface area (TPSA) is 64.6 Å². The molecule has 9 heteroatoms. The molecule has 0 aliphatic heterocycles. The summed E-state index contributed by atoms with van der Waals surface area (Å²) in [4.78, 5) is 0. The monoisotopic (exact) mass is 356 g/mol. The number of hydrogen-bond acceptors (Lipinski definition) is 7. The fourth-order valence-corrected chi connectivity index (χ4v) is 4.81. The van der Waals surface area contributed by atoms with Crippen LogP contribution < -0.4 is 0 Å². The van der Waals surface area contributed by atoms with Gasteiger partial charge in [0.05, 0.1) is 19.4 Å². The molecule has 22 heavy (non-hydrogen) atoms. The summed E-state index contributed by atoms with van der Waals surface area (Å²) in [5, 5.41) is 0. The van der Waals surface area contributed by atoms with Gasteiger partial charge in [0.2, 0.25) is 0 Å². The van der Waals surface area contributed by atoms with Crippen molar-refractivity contribution in [1.82, 2.24) is 0 Å². The van der Waals surface area contributed by atoms with Crippen LogP contribution in [0.3, 0.4) is 0 Å². The minimum absolute atomic E-state index is 0.329. The molecule has 7 nitrogen and oxygen atoms in total. The lowest BCUT2D eigenvalue weighted by Crippen LogP contribution is -2.51. The van der Waals surface area contributed by atoms with Crippen molar-refractivity contribution in [3.05, 3.63) is 0 Å². The van der Waals surface area contributed by atoms with Crippen molar-refractivity contribution in [1.29, 1.82) is 0 Å². The van der Waals surface area contributed by atoms with Crippen molar-refractivity contribution < 1.29 is 31.6 Å². The van der Waals surface area contributed by atoms with E-state index in [1.165, 1.54) is 0 Å². The van der Waals surface area contributed by atoms with Crippen LogP contribution in [0, 0.1) is 0 Å². The number of ether oxygens (including phenoxy) is 2. The second-order valence-corrected chi connectivity index (χ2v) is 10.5. The molecular formula is C13H32O7Si2. The van der Waals surface area contributed by atoms with Gasteiger partial charge in [-0.25, -0.2) is 0 Å². The normalized spacial score (nSPS) is 12.8. The lowest BCUT2D eigenvalue weighted by molar-refractivity contribution is 0.0132. The van der Waals surface area contributed by atoms with E-state index in [1.54, 1.807) is 14.2 Å². The maximum Gasteiger partial charge on any atom is 0.528 e. The highest BCUT2D eigenvalue weighted by molar-refractivity contribution is 6.65. The van der Waals surface area contributed by atoms with Gasteiger partial charge in [0.15, 0.2) is 0 Å². The highest BCUT2D eigenvalue weighted by atomic mass is 28.4. The van der Waals surface area contributed by atoms with Crippen molar-refractivity contribution in [2.24, 2.45) is 0 Å². The summed E-state index contributed by atoms with van der Waals surface area (Å²) in [6, 6.07) is 0. The Bertz CT molecular complexity index is 248. The molecule has 0 fully saturated rings. The van der Waals surface area contributed by atoms with E-state index < -0.39 is 17.4 Å². The summed E-state index contributed by atoms with van der Waals surface area (Å²) < 4.78 is 39.0. The maximum absolute atomic E-state index is 5.70. The molecule has 0 aliphatic carbocycles. The van der Waals surface area contributed by atoms with E-state index in [4.69, 9.17) is 31.6 Å². The van der Waals surface area contributed by atoms with Crippen LogP contribution in [-0.4, -0.2) is 77.1 Å². The highest BCUT2D eigenvalue weighted by Gasteiger charge is 2.41. The molecule has 0 saturated carbocycles. The van der Waals surface area contributed by atoms with Crippen LogP contribution in [0.4, 0.5) is 0 Å². The number of rotatable bonds is 15. The Morgan fingerprint density at radius 2 is 1.09 bits per heavy atom. The van der Waals surface area contributed by atoms with Crippen molar-refractivity contribution in [2.45, 2.75) is 27.3 Å². The molecule has 0 aromatic carbocycles. The fourth-order valence-electron chi connectivity index (χ4n) is 1.68. The minimum atomic E-state index is -2.72. The lowest BCUT2D eigenvalue weighted by Gasteiger charge is -2.28.